The van der Waals surface area contributed by atoms with E-state index in [1.54, 1.807) is 6.92 Å². The molecule has 0 N–H and O–H groups in total. The van der Waals surface area contributed by atoms with Gasteiger partial charge in [-0.3, -0.25) is 4.79 Å². The van der Waals surface area contributed by atoms with Crippen LogP contribution in [0.15, 0.2) is 25.3 Å². The first-order valence-corrected chi connectivity index (χ1v) is 10.0. The van der Waals surface area contributed by atoms with Crippen molar-refractivity contribution in [3.8, 4) is 0 Å². The largest absolute Gasteiger partial charge is 0.465 e. The molecule has 0 aromatic carbocycles. The molecule has 0 unspecified atom stereocenters. The Morgan fingerprint density at radius 2 is 1.31 bits per heavy atom. The van der Waals surface area contributed by atoms with Gasteiger partial charge < -0.3 is 14.2 Å². The van der Waals surface area contributed by atoms with Gasteiger partial charge in [-0.2, -0.15) is 0 Å². The Hall–Kier alpha value is -2.11. The first-order chi connectivity index (χ1) is 13.3. The SMILES string of the molecule is C=CC(=O)OCC(C)(COC(C)=O)COC(=O)C=C.CCCCC(C)(C)C(C)C. The third-order valence-corrected chi connectivity index (χ3v) is 4.82. The number of hydrogen-bond donors (Lipinski definition) is 0. The zero-order chi connectivity index (χ0) is 23.1. The van der Waals surface area contributed by atoms with Gasteiger partial charge in [0, 0.05) is 19.1 Å². The van der Waals surface area contributed by atoms with Crippen molar-refractivity contribution in [2.75, 3.05) is 19.8 Å². The fraction of sp³-hybridized carbons (Fsp3) is 0.696. The third-order valence-electron chi connectivity index (χ3n) is 4.82. The number of carbonyl (C=O) groups is 3. The summed E-state index contributed by atoms with van der Waals surface area (Å²) in [6, 6.07) is 0. The Kier molecular flexibility index (Phi) is 14.9. The molecule has 0 aliphatic heterocycles. The highest BCUT2D eigenvalue weighted by atomic mass is 16.6. The van der Waals surface area contributed by atoms with Crippen LogP contribution in [-0.4, -0.2) is 37.7 Å². The van der Waals surface area contributed by atoms with Gasteiger partial charge in [-0.15, -0.1) is 0 Å². The average Bonchev–Trinajstić information content (AvgIpc) is 2.67. The minimum Gasteiger partial charge on any atom is -0.465 e. The minimum absolute atomic E-state index is 0.0445. The van der Waals surface area contributed by atoms with E-state index in [1.807, 2.05) is 0 Å². The van der Waals surface area contributed by atoms with E-state index in [2.05, 4.69) is 47.8 Å². The molecule has 0 aromatic rings. The van der Waals surface area contributed by atoms with Gasteiger partial charge in [0.1, 0.15) is 19.8 Å². The molecule has 0 radical (unpaired) electrons. The van der Waals surface area contributed by atoms with Gasteiger partial charge in [0.2, 0.25) is 0 Å². The fourth-order valence-corrected chi connectivity index (χ4v) is 1.93. The first-order valence-electron chi connectivity index (χ1n) is 10.0. The van der Waals surface area contributed by atoms with Crippen LogP contribution in [0, 0.1) is 16.7 Å². The molecule has 0 aliphatic rings. The Morgan fingerprint density at radius 3 is 1.62 bits per heavy atom. The van der Waals surface area contributed by atoms with Crippen molar-refractivity contribution >= 4 is 17.9 Å². The quantitative estimate of drug-likeness (QED) is 0.258. The number of esters is 3. The van der Waals surface area contributed by atoms with E-state index in [-0.39, 0.29) is 19.8 Å². The molecule has 6 nitrogen and oxygen atoms in total. The lowest BCUT2D eigenvalue weighted by atomic mass is 9.77. The van der Waals surface area contributed by atoms with Gasteiger partial charge >= 0.3 is 17.9 Å². The molecule has 0 heterocycles. The van der Waals surface area contributed by atoms with Crippen LogP contribution in [0.1, 0.15) is 67.7 Å². The van der Waals surface area contributed by atoms with Crippen LogP contribution in [0.5, 0.6) is 0 Å². The van der Waals surface area contributed by atoms with Crippen LogP contribution in [0.25, 0.3) is 0 Å². The summed E-state index contributed by atoms with van der Waals surface area (Å²) in [5, 5.41) is 0. The second-order valence-electron chi connectivity index (χ2n) is 8.46. The van der Waals surface area contributed by atoms with Crippen LogP contribution < -0.4 is 0 Å². The smallest absolute Gasteiger partial charge is 0.330 e. The zero-order valence-corrected chi connectivity index (χ0v) is 19.3. The molecule has 0 fully saturated rings. The van der Waals surface area contributed by atoms with Crippen molar-refractivity contribution in [2.24, 2.45) is 16.7 Å². The van der Waals surface area contributed by atoms with E-state index in [1.165, 1.54) is 26.2 Å². The second kappa shape index (κ2) is 14.8. The number of rotatable bonds is 12. The maximum atomic E-state index is 11.0. The summed E-state index contributed by atoms with van der Waals surface area (Å²) >= 11 is 0. The maximum absolute atomic E-state index is 11.0. The summed E-state index contributed by atoms with van der Waals surface area (Å²) < 4.78 is 14.6. The van der Waals surface area contributed by atoms with E-state index in [0.717, 1.165) is 18.1 Å². The Bertz CT molecular complexity index is 509. The molecule has 0 aromatic heterocycles. The predicted molar refractivity (Wildman–Crippen MR) is 115 cm³/mol. The number of hydrogen-bond acceptors (Lipinski definition) is 6. The Labute approximate surface area is 176 Å². The molecular weight excluding hydrogens is 372 g/mol. The summed E-state index contributed by atoms with van der Waals surface area (Å²) in [6.07, 6.45) is 6.12. The minimum atomic E-state index is -0.830. The standard InChI is InChI=1S/C13H18O6.C10H22/c1-5-11(15)18-8-13(4,7-17-10(3)14)9-19-12(16)6-2;1-6-7-8-10(4,5)9(2)3/h5-6H,1-2,7-9H2,3-4H3;9H,6-8H2,1-5H3. The van der Waals surface area contributed by atoms with E-state index in [4.69, 9.17) is 14.2 Å². The fourth-order valence-electron chi connectivity index (χ4n) is 1.93. The summed E-state index contributed by atoms with van der Waals surface area (Å²) in [5.41, 5.74) is -0.279. The van der Waals surface area contributed by atoms with Crippen LogP contribution in [0.3, 0.4) is 0 Å². The number of ether oxygens (including phenoxy) is 3. The normalized spacial score (nSPS) is 11.0. The van der Waals surface area contributed by atoms with Crippen molar-refractivity contribution in [1.29, 1.82) is 0 Å². The highest BCUT2D eigenvalue weighted by Crippen LogP contribution is 2.31. The van der Waals surface area contributed by atoms with E-state index in [9.17, 15) is 14.4 Å². The van der Waals surface area contributed by atoms with Crippen LogP contribution in [0.2, 0.25) is 0 Å². The molecule has 0 rings (SSSR count). The zero-order valence-electron chi connectivity index (χ0n) is 19.3. The molecule has 0 saturated heterocycles. The molecule has 0 spiro atoms. The monoisotopic (exact) mass is 412 g/mol. The molecule has 0 bridgehead atoms. The molecule has 6 heteroatoms. The molecule has 0 atom stereocenters. The number of carbonyl (C=O) groups excluding carboxylic acids is 3. The summed E-state index contributed by atoms with van der Waals surface area (Å²) in [4.78, 5) is 32.8. The van der Waals surface area contributed by atoms with Gasteiger partial charge in [-0.05, 0) is 24.7 Å². The van der Waals surface area contributed by atoms with Gasteiger partial charge in [0.05, 0.1) is 5.41 Å². The lowest BCUT2D eigenvalue weighted by molar-refractivity contribution is -0.155. The van der Waals surface area contributed by atoms with Crippen LogP contribution in [-0.2, 0) is 28.6 Å². The average molecular weight is 413 g/mol. The second-order valence-corrected chi connectivity index (χ2v) is 8.46. The van der Waals surface area contributed by atoms with Crippen LogP contribution >= 0.6 is 0 Å². The van der Waals surface area contributed by atoms with E-state index < -0.39 is 23.3 Å². The highest BCUT2D eigenvalue weighted by Gasteiger charge is 2.29. The lowest BCUT2D eigenvalue weighted by Crippen LogP contribution is -2.36. The number of unbranched alkanes of at least 4 members (excludes halogenated alkanes) is 1. The van der Waals surface area contributed by atoms with E-state index in [0.29, 0.717) is 5.41 Å². The van der Waals surface area contributed by atoms with Crippen LogP contribution in [0.4, 0.5) is 0 Å². The molecule has 29 heavy (non-hydrogen) atoms. The van der Waals surface area contributed by atoms with Gasteiger partial charge in [0.15, 0.2) is 0 Å². The van der Waals surface area contributed by atoms with Crippen molar-refractivity contribution in [3.63, 3.8) is 0 Å². The first kappa shape index (κ1) is 29.1. The highest BCUT2D eigenvalue weighted by molar-refractivity contribution is 5.81. The maximum Gasteiger partial charge on any atom is 0.330 e. The van der Waals surface area contributed by atoms with Crippen molar-refractivity contribution in [2.45, 2.75) is 67.7 Å². The molecular formula is C23H40O6. The lowest BCUT2D eigenvalue weighted by Gasteiger charge is -2.28. The molecule has 0 saturated carbocycles. The van der Waals surface area contributed by atoms with Crippen molar-refractivity contribution in [3.05, 3.63) is 25.3 Å². The summed E-state index contributed by atoms with van der Waals surface area (Å²) in [5.74, 6) is -0.872. The molecule has 0 aliphatic carbocycles. The van der Waals surface area contributed by atoms with Gasteiger partial charge in [-0.25, -0.2) is 9.59 Å². The predicted octanol–water partition coefficient (Wildman–Crippen LogP) is 4.87. The molecule has 168 valence electrons. The summed E-state index contributed by atoms with van der Waals surface area (Å²) in [6.45, 7) is 20.9. The van der Waals surface area contributed by atoms with Crippen molar-refractivity contribution < 1.29 is 28.6 Å². The summed E-state index contributed by atoms with van der Waals surface area (Å²) in [7, 11) is 0. The van der Waals surface area contributed by atoms with E-state index >= 15 is 0 Å². The third kappa shape index (κ3) is 15.5. The Morgan fingerprint density at radius 1 is 0.897 bits per heavy atom. The van der Waals surface area contributed by atoms with Crippen molar-refractivity contribution in [1.82, 2.24) is 0 Å². The molecule has 0 amide bonds. The van der Waals surface area contributed by atoms with Gasteiger partial charge in [-0.1, -0.05) is 60.6 Å². The Balaban J connectivity index is 0. The van der Waals surface area contributed by atoms with Gasteiger partial charge in [0.25, 0.3) is 0 Å². The topological polar surface area (TPSA) is 78.9 Å².